The predicted octanol–water partition coefficient (Wildman–Crippen LogP) is 1.70. The molecule has 0 aliphatic rings. The summed E-state index contributed by atoms with van der Waals surface area (Å²) in [5.41, 5.74) is -0.795. The van der Waals surface area contributed by atoms with Crippen LogP contribution in [0.3, 0.4) is 0 Å². The van der Waals surface area contributed by atoms with E-state index < -0.39 is 17.4 Å². The molecule has 92 valence electrons. The minimum atomic E-state index is -0.964. The third-order valence-corrected chi connectivity index (χ3v) is 3.06. The summed E-state index contributed by atoms with van der Waals surface area (Å²) in [5.74, 6) is -2.05. The van der Waals surface area contributed by atoms with Crippen LogP contribution in [-0.4, -0.2) is 27.9 Å². The Bertz CT molecular complexity index is 264. The number of rotatable bonds is 8. The second kappa shape index (κ2) is 6.25. The second-order valence-electron chi connectivity index (χ2n) is 3.98. The maximum atomic E-state index is 11.5. The van der Waals surface area contributed by atoms with Crippen molar-refractivity contribution in [2.45, 2.75) is 46.0 Å². The highest BCUT2D eigenvalue weighted by atomic mass is 16.4. The Balaban J connectivity index is 4.64. The van der Waals surface area contributed by atoms with Gasteiger partial charge < -0.3 is 10.2 Å². The third-order valence-electron chi connectivity index (χ3n) is 3.06. The first-order valence-electron chi connectivity index (χ1n) is 5.28. The number of carbonyl (C=O) groups excluding carboxylic acids is 1. The maximum absolute atomic E-state index is 11.5. The summed E-state index contributed by atoms with van der Waals surface area (Å²) >= 11 is 0. The van der Waals surface area contributed by atoms with Crippen molar-refractivity contribution in [1.29, 1.82) is 0 Å². The van der Waals surface area contributed by atoms with Crippen molar-refractivity contribution in [2.75, 3.05) is 0 Å². The van der Waals surface area contributed by atoms with Gasteiger partial charge in [0.15, 0.2) is 0 Å². The van der Waals surface area contributed by atoms with Gasteiger partial charge in [0.25, 0.3) is 0 Å². The summed E-state index contributed by atoms with van der Waals surface area (Å²) < 4.78 is 0. The smallest absolute Gasteiger partial charge is 0.303 e. The zero-order valence-electron chi connectivity index (χ0n) is 9.65. The molecular formula is C11H18O5. The van der Waals surface area contributed by atoms with Crippen LogP contribution in [0.15, 0.2) is 0 Å². The average molecular weight is 230 g/mol. The van der Waals surface area contributed by atoms with Crippen LogP contribution in [0.4, 0.5) is 0 Å². The van der Waals surface area contributed by atoms with Gasteiger partial charge >= 0.3 is 11.9 Å². The van der Waals surface area contributed by atoms with Gasteiger partial charge in [-0.3, -0.25) is 14.4 Å². The van der Waals surface area contributed by atoms with Crippen molar-refractivity contribution in [2.24, 2.45) is 5.41 Å². The molecule has 0 unspecified atom stereocenters. The van der Waals surface area contributed by atoms with Crippen LogP contribution >= 0.6 is 0 Å². The standard InChI is InChI=1S/C11H18O5/c1-3-11(8(2)12,6-4-9(13)14)7-5-10(15)16/h3-7H2,1-2H3,(H,13,14)(H,15,16). The van der Waals surface area contributed by atoms with E-state index in [1.165, 1.54) is 6.92 Å². The predicted molar refractivity (Wildman–Crippen MR) is 57.1 cm³/mol. The quantitative estimate of drug-likeness (QED) is 0.662. The number of aliphatic carboxylic acids is 2. The number of hydrogen-bond acceptors (Lipinski definition) is 3. The number of hydrogen-bond donors (Lipinski definition) is 2. The van der Waals surface area contributed by atoms with Gasteiger partial charge in [-0.2, -0.15) is 0 Å². The molecule has 2 N–H and O–H groups in total. The molecule has 0 atom stereocenters. The molecule has 0 saturated carbocycles. The minimum absolute atomic E-state index is 0.104. The van der Waals surface area contributed by atoms with Crippen LogP contribution < -0.4 is 0 Å². The number of carboxylic acids is 2. The van der Waals surface area contributed by atoms with E-state index in [-0.39, 0.29) is 31.5 Å². The van der Waals surface area contributed by atoms with Gasteiger partial charge in [-0.25, -0.2) is 0 Å². The van der Waals surface area contributed by atoms with Gasteiger partial charge in [-0.15, -0.1) is 0 Å². The maximum Gasteiger partial charge on any atom is 0.303 e. The Morgan fingerprint density at radius 3 is 1.56 bits per heavy atom. The highest BCUT2D eigenvalue weighted by Gasteiger charge is 2.34. The molecule has 16 heavy (non-hydrogen) atoms. The first kappa shape index (κ1) is 14.6. The topological polar surface area (TPSA) is 91.7 Å². The normalized spacial score (nSPS) is 11.1. The molecule has 0 aromatic heterocycles. The number of Topliss-reactive ketones (excluding diaryl/α,β-unsaturated/α-hetero) is 1. The number of carbonyl (C=O) groups is 3. The minimum Gasteiger partial charge on any atom is -0.481 e. The molecule has 0 aliphatic carbocycles. The monoisotopic (exact) mass is 230 g/mol. The Hall–Kier alpha value is -1.39. The van der Waals surface area contributed by atoms with E-state index in [0.717, 1.165) is 0 Å². The molecule has 0 aromatic carbocycles. The zero-order chi connectivity index (χ0) is 12.8. The molecule has 0 aliphatic heterocycles. The first-order chi connectivity index (χ1) is 7.34. The van der Waals surface area contributed by atoms with Crippen LogP contribution in [0.5, 0.6) is 0 Å². The summed E-state index contributed by atoms with van der Waals surface area (Å²) in [6.07, 6.45) is 0.686. The molecule has 0 rings (SSSR count). The Morgan fingerprint density at radius 2 is 1.38 bits per heavy atom. The zero-order valence-corrected chi connectivity index (χ0v) is 9.65. The van der Waals surface area contributed by atoms with Crippen molar-refractivity contribution in [3.05, 3.63) is 0 Å². The third kappa shape index (κ3) is 4.42. The van der Waals surface area contributed by atoms with Gasteiger partial charge in [-0.05, 0) is 26.2 Å². The van der Waals surface area contributed by atoms with Crippen LogP contribution in [0, 0.1) is 5.41 Å². The molecule has 5 nitrogen and oxygen atoms in total. The molecule has 0 radical (unpaired) electrons. The molecule has 0 saturated heterocycles. The summed E-state index contributed by atoms with van der Waals surface area (Å²) in [5, 5.41) is 17.2. The highest BCUT2D eigenvalue weighted by Crippen LogP contribution is 2.34. The fourth-order valence-electron chi connectivity index (χ4n) is 1.77. The van der Waals surface area contributed by atoms with E-state index in [4.69, 9.17) is 10.2 Å². The summed E-state index contributed by atoms with van der Waals surface area (Å²) in [6, 6.07) is 0. The second-order valence-corrected chi connectivity index (χ2v) is 3.98. The lowest BCUT2D eigenvalue weighted by atomic mass is 9.74. The summed E-state index contributed by atoms with van der Waals surface area (Å²) in [7, 11) is 0. The lowest BCUT2D eigenvalue weighted by molar-refractivity contribution is -0.139. The highest BCUT2D eigenvalue weighted by molar-refractivity contribution is 5.83. The fourth-order valence-corrected chi connectivity index (χ4v) is 1.77. The van der Waals surface area contributed by atoms with E-state index in [2.05, 4.69) is 0 Å². The molecule has 0 aromatic rings. The van der Waals surface area contributed by atoms with Gasteiger partial charge in [0.05, 0.1) is 0 Å². The molecule has 0 fully saturated rings. The Morgan fingerprint density at radius 1 is 1.00 bits per heavy atom. The Labute approximate surface area is 94.5 Å². The number of ketones is 1. The molecule has 0 amide bonds. The van der Waals surface area contributed by atoms with Crippen LogP contribution in [0.1, 0.15) is 46.0 Å². The lowest BCUT2D eigenvalue weighted by Gasteiger charge is -2.29. The van der Waals surface area contributed by atoms with Crippen LogP contribution in [0.25, 0.3) is 0 Å². The van der Waals surface area contributed by atoms with Gasteiger partial charge in [0.2, 0.25) is 0 Å². The van der Waals surface area contributed by atoms with Crippen LogP contribution in [-0.2, 0) is 14.4 Å². The molecule has 0 bridgehead atoms. The molecule has 0 heterocycles. The fraction of sp³-hybridized carbons (Fsp3) is 0.727. The Kier molecular flexibility index (Phi) is 5.71. The first-order valence-corrected chi connectivity index (χ1v) is 5.28. The van der Waals surface area contributed by atoms with E-state index in [1.54, 1.807) is 6.92 Å². The van der Waals surface area contributed by atoms with Crippen molar-refractivity contribution in [3.8, 4) is 0 Å². The largest absolute Gasteiger partial charge is 0.481 e. The molecular weight excluding hydrogens is 212 g/mol. The van der Waals surface area contributed by atoms with Gasteiger partial charge in [0, 0.05) is 18.3 Å². The van der Waals surface area contributed by atoms with E-state index in [0.29, 0.717) is 6.42 Å². The summed E-state index contributed by atoms with van der Waals surface area (Å²) in [6.45, 7) is 3.18. The van der Waals surface area contributed by atoms with E-state index in [1.807, 2.05) is 0 Å². The average Bonchev–Trinajstić information content (AvgIpc) is 2.17. The summed E-state index contributed by atoms with van der Waals surface area (Å²) in [4.78, 5) is 32.5. The van der Waals surface area contributed by atoms with Crippen LogP contribution in [0.2, 0.25) is 0 Å². The molecule has 0 spiro atoms. The van der Waals surface area contributed by atoms with Gasteiger partial charge in [-0.1, -0.05) is 6.92 Å². The SMILES string of the molecule is CCC(CCC(=O)O)(CCC(=O)O)C(C)=O. The van der Waals surface area contributed by atoms with Crippen molar-refractivity contribution in [1.82, 2.24) is 0 Å². The van der Waals surface area contributed by atoms with E-state index >= 15 is 0 Å². The lowest BCUT2D eigenvalue weighted by Crippen LogP contribution is -2.30. The van der Waals surface area contributed by atoms with Crippen molar-refractivity contribution in [3.63, 3.8) is 0 Å². The van der Waals surface area contributed by atoms with Crippen molar-refractivity contribution >= 4 is 17.7 Å². The van der Waals surface area contributed by atoms with E-state index in [9.17, 15) is 14.4 Å². The molecule has 5 heteroatoms. The van der Waals surface area contributed by atoms with Gasteiger partial charge in [0.1, 0.15) is 5.78 Å². The van der Waals surface area contributed by atoms with Crippen molar-refractivity contribution < 1.29 is 24.6 Å². The number of carboxylic acid groups (broad SMARTS) is 2.